The highest BCUT2D eigenvalue weighted by Gasteiger charge is 2.23. The summed E-state index contributed by atoms with van der Waals surface area (Å²) in [6.45, 7) is 3.22. The first-order chi connectivity index (χ1) is 10.4. The van der Waals surface area contributed by atoms with E-state index in [2.05, 4.69) is 10.5 Å². The van der Waals surface area contributed by atoms with E-state index < -0.39 is 23.7 Å². The summed E-state index contributed by atoms with van der Waals surface area (Å²) in [6, 6.07) is 4.25. The van der Waals surface area contributed by atoms with Crippen LogP contribution in [0.5, 0.6) is 0 Å². The molecule has 22 heavy (non-hydrogen) atoms. The molecule has 0 aliphatic heterocycles. The lowest BCUT2D eigenvalue weighted by Gasteiger charge is -2.15. The van der Waals surface area contributed by atoms with E-state index in [0.29, 0.717) is 22.6 Å². The molecule has 0 radical (unpaired) electrons. The van der Waals surface area contributed by atoms with Gasteiger partial charge in [-0.1, -0.05) is 17.3 Å². The third-order valence-electron chi connectivity index (χ3n) is 3.09. The fourth-order valence-corrected chi connectivity index (χ4v) is 2.01. The number of carboxylic acid groups (broad SMARTS) is 1. The molecule has 0 bridgehead atoms. The number of hydrogen-bond acceptors (Lipinski definition) is 4. The van der Waals surface area contributed by atoms with E-state index in [0.717, 1.165) is 0 Å². The normalized spacial score (nSPS) is 12.0. The average Bonchev–Trinajstić information content (AvgIpc) is 2.84. The highest BCUT2D eigenvalue weighted by atomic mass is 19.1. The Labute approximate surface area is 125 Å². The van der Waals surface area contributed by atoms with Gasteiger partial charge in [0.05, 0.1) is 12.1 Å². The zero-order valence-corrected chi connectivity index (χ0v) is 12.1. The summed E-state index contributed by atoms with van der Waals surface area (Å²) < 4.78 is 18.1. The number of aliphatic carboxylic acids is 1. The van der Waals surface area contributed by atoms with Gasteiger partial charge in [-0.2, -0.15) is 0 Å². The SMILES string of the molecule is Cc1cc(CC(=O)NC(C(=O)O)c2ccc(F)c(C)c2)no1. The van der Waals surface area contributed by atoms with Crippen molar-refractivity contribution in [1.82, 2.24) is 10.5 Å². The quantitative estimate of drug-likeness (QED) is 0.880. The molecule has 1 aromatic heterocycles. The number of halogens is 1. The van der Waals surface area contributed by atoms with E-state index in [1.54, 1.807) is 13.0 Å². The molecule has 0 saturated heterocycles. The summed E-state index contributed by atoms with van der Waals surface area (Å²) in [5.41, 5.74) is 1.02. The fourth-order valence-electron chi connectivity index (χ4n) is 2.01. The first kappa shape index (κ1) is 15.7. The summed E-state index contributed by atoms with van der Waals surface area (Å²) in [6.07, 6.45) is -0.0959. The zero-order valence-electron chi connectivity index (χ0n) is 12.1. The second-order valence-electron chi connectivity index (χ2n) is 4.95. The Hall–Kier alpha value is -2.70. The number of benzene rings is 1. The number of aryl methyl sites for hydroxylation is 2. The minimum atomic E-state index is -1.25. The lowest BCUT2D eigenvalue weighted by atomic mass is 10.0. The summed E-state index contributed by atoms with van der Waals surface area (Å²) >= 11 is 0. The number of nitrogens with one attached hydrogen (secondary N) is 1. The molecule has 116 valence electrons. The highest BCUT2D eigenvalue weighted by molar-refractivity contribution is 5.85. The molecule has 1 atom stereocenters. The van der Waals surface area contributed by atoms with Crippen LogP contribution in [0, 0.1) is 19.7 Å². The van der Waals surface area contributed by atoms with Crippen molar-refractivity contribution in [2.75, 3.05) is 0 Å². The lowest BCUT2D eigenvalue weighted by Crippen LogP contribution is -2.34. The number of hydrogen-bond donors (Lipinski definition) is 2. The number of aromatic nitrogens is 1. The van der Waals surface area contributed by atoms with E-state index >= 15 is 0 Å². The van der Waals surface area contributed by atoms with Crippen LogP contribution in [0.1, 0.15) is 28.6 Å². The monoisotopic (exact) mass is 306 g/mol. The second kappa shape index (κ2) is 6.38. The Morgan fingerprint density at radius 2 is 2.09 bits per heavy atom. The molecule has 2 N–H and O–H groups in total. The van der Waals surface area contributed by atoms with Crippen LogP contribution >= 0.6 is 0 Å². The van der Waals surface area contributed by atoms with Crippen LogP contribution < -0.4 is 5.32 Å². The Kier molecular flexibility index (Phi) is 4.55. The summed E-state index contributed by atoms with van der Waals surface area (Å²) in [5, 5.41) is 15.3. The number of carbonyl (C=O) groups is 2. The number of rotatable bonds is 5. The van der Waals surface area contributed by atoms with Gasteiger partial charge in [-0.3, -0.25) is 4.79 Å². The standard InChI is InChI=1S/C15H15FN2O4/c1-8-5-10(3-4-12(8)16)14(15(20)21)17-13(19)7-11-6-9(2)22-18-11/h3-6,14H,7H2,1-2H3,(H,17,19)(H,20,21). The summed E-state index contributed by atoms with van der Waals surface area (Å²) in [5.74, 6) is -1.61. The van der Waals surface area contributed by atoms with Crippen LogP contribution in [0.15, 0.2) is 28.8 Å². The molecule has 2 aromatic rings. The fraction of sp³-hybridized carbons (Fsp3) is 0.267. The Morgan fingerprint density at radius 1 is 1.36 bits per heavy atom. The van der Waals surface area contributed by atoms with Gasteiger partial charge in [0.15, 0.2) is 6.04 Å². The van der Waals surface area contributed by atoms with Crippen LogP contribution in [0.4, 0.5) is 4.39 Å². The second-order valence-corrected chi connectivity index (χ2v) is 4.95. The third-order valence-corrected chi connectivity index (χ3v) is 3.09. The van der Waals surface area contributed by atoms with Gasteiger partial charge < -0.3 is 14.9 Å². The van der Waals surface area contributed by atoms with E-state index in [4.69, 9.17) is 4.52 Å². The Bertz CT molecular complexity index is 711. The number of carbonyl (C=O) groups excluding carboxylic acids is 1. The van der Waals surface area contributed by atoms with E-state index in [1.165, 1.54) is 25.1 Å². The molecular weight excluding hydrogens is 291 g/mol. The molecule has 0 saturated carbocycles. The Balaban J connectivity index is 2.13. The van der Waals surface area contributed by atoms with Crippen LogP contribution in [0.3, 0.4) is 0 Å². The van der Waals surface area contributed by atoms with Crippen molar-refractivity contribution in [2.24, 2.45) is 0 Å². The van der Waals surface area contributed by atoms with Crippen LogP contribution in [-0.2, 0) is 16.0 Å². The van der Waals surface area contributed by atoms with Gasteiger partial charge in [-0.25, -0.2) is 9.18 Å². The van der Waals surface area contributed by atoms with Crippen LogP contribution in [0.25, 0.3) is 0 Å². The molecule has 6 nitrogen and oxygen atoms in total. The number of carboxylic acids is 1. The lowest BCUT2D eigenvalue weighted by molar-refractivity contribution is -0.142. The maximum absolute atomic E-state index is 13.3. The van der Waals surface area contributed by atoms with Crippen molar-refractivity contribution >= 4 is 11.9 Å². The molecule has 0 aliphatic carbocycles. The first-order valence-electron chi connectivity index (χ1n) is 6.57. The van der Waals surface area contributed by atoms with Gasteiger partial charge >= 0.3 is 5.97 Å². The van der Waals surface area contributed by atoms with E-state index in [1.807, 2.05) is 0 Å². The smallest absolute Gasteiger partial charge is 0.330 e. The minimum Gasteiger partial charge on any atom is -0.479 e. The van der Waals surface area contributed by atoms with Crippen molar-refractivity contribution in [1.29, 1.82) is 0 Å². The van der Waals surface area contributed by atoms with Crippen LogP contribution in [0.2, 0.25) is 0 Å². The van der Waals surface area contributed by atoms with Crippen molar-refractivity contribution in [3.8, 4) is 0 Å². The first-order valence-corrected chi connectivity index (χ1v) is 6.57. The summed E-state index contributed by atoms with van der Waals surface area (Å²) in [7, 11) is 0. The van der Waals surface area contributed by atoms with Crippen molar-refractivity contribution in [3.63, 3.8) is 0 Å². The topological polar surface area (TPSA) is 92.4 Å². The largest absolute Gasteiger partial charge is 0.479 e. The molecule has 1 amide bonds. The molecule has 1 unspecified atom stereocenters. The highest BCUT2D eigenvalue weighted by Crippen LogP contribution is 2.17. The molecule has 1 aromatic carbocycles. The molecule has 0 fully saturated rings. The van der Waals surface area contributed by atoms with Crippen LogP contribution in [-0.4, -0.2) is 22.1 Å². The van der Waals surface area contributed by atoms with Crippen molar-refractivity contribution < 1.29 is 23.6 Å². The molecule has 2 rings (SSSR count). The maximum Gasteiger partial charge on any atom is 0.330 e. The average molecular weight is 306 g/mol. The molecule has 0 aliphatic rings. The van der Waals surface area contributed by atoms with Gasteiger partial charge in [0.25, 0.3) is 0 Å². The zero-order chi connectivity index (χ0) is 16.3. The van der Waals surface area contributed by atoms with Gasteiger partial charge in [0, 0.05) is 6.07 Å². The maximum atomic E-state index is 13.3. The Morgan fingerprint density at radius 3 is 2.64 bits per heavy atom. The summed E-state index contributed by atoms with van der Waals surface area (Å²) in [4.78, 5) is 23.3. The van der Waals surface area contributed by atoms with Gasteiger partial charge in [0.1, 0.15) is 11.6 Å². The number of nitrogens with zero attached hydrogens (tertiary/aromatic N) is 1. The number of amides is 1. The van der Waals surface area contributed by atoms with E-state index in [-0.39, 0.29) is 6.42 Å². The molecule has 0 spiro atoms. The molecule has 7 heteroatoms. The predicted octanol–water partition coefficient (Wildman–Crippen LogP) is 1.92. The van der Waals surface area contributed by atoms with Gasteiger partial charge in [-0.15, -0.1) is 0 Å². The van der Waals surface area contributed by atoms with Crippen molar-refractivity contribution in [2.45, 2.75) is 26.3 Å². The predicted molar refractivity (Wildman–Crippen MR) is 74.6 cm³/mol. The molecular formula is C15H15FN2O4. The minimum absolute atomic E-state index is 0.0959. The third kappa shape index (κ3) is 3.69. The van der Waals surface area contributed by atoms with Gasteiger partial charge in [0.2, 0.25) is 5.91 Å². The van der Waals surface area contributed by atoms with Gasteiger partial charge in [-0.05, 0) is 31.0 Å². The molecule has 1 heterocycles. The van der Waals surface area contributed by atoms with Crippen molar-refractivity contribution in [3.05, 3.63) is 52.7 Å². The van der Waals surface area contributed by atoms with E-state index in [9.17, 15) is 19.1 Å².